The van der Waals surface area contributed by atoms with Crippen LogP contribution in [-0.4, -0.2) is 35.1 Å². The highest BCUT2D eigenvalue weighted by Gasteiger charge is 2.20. The first-order valence-corrected chi connectivity index (χ1v) is 10.4. The molecule has 2 aromatic carbocycles. The second kappa shape index (κ2) is 9.60. The number of hydrogen-bond acceptors (Lipinski definition) is 4. The van der Waals surface area contributed by atoms with Gasteiger partial charge in [0.15, 0.2) is 0 Å². The topological polar surface area (TPSA) is 77.5 Å². The van der Waals surface area contributed by atoms with Crippen LogP contribution in [0.1, 0.15) is 23.1 Å². The van der Waals surface area contributed by atoms with Crippen molar-refractivity contribution in [3.05, 3.63) is 89.9 Å². The largest absolute Gasteiger partial charge is 0.493 e. The van der Waals surface area contributed by atoms with Crippen LogP contribution in [0.25, 0.3) is 11.5 Å². The number of rotatable bonds is 9. The van der Waals surface area contributed by atoms with Gasteiger partial charge in [-0.2, -0.15) is 0 Å². The highest BCUT2D eigenvalue weighted by atomic mass is 16.5. The van der Waals surface area contributed by atoms with Gasteiger partial charge < -0.3 is 18.8 Å². The molecule has 4 rings (SSSR count). The third-order valence-corrected chi connectivity index (χ3v) is 5.31. The molecule has 0 bridgehead atoms. The number of nitrogens with zero attached hydrogens (tertiary/aromatic N) is 2. The zero-order valence-corrected chi connectivity index (χ0v) is 17.8. The van der Waals surface area contributed by atoms with Crippen molar-refractivity contribution in [2.75, 3.05) is 6.61 Å². The van der Waals surface area contributed by atoms with E-state index in [0.29, 0.717) is 36.7 Å². The van der Waals surface area contributed by atoms with Gasteiger partial charge in [0.1, 0.15) is 25.4 Å². The van der Waals surface area contributed by atoms with Gasteiger partial charge in [0, 0.05) is 24.6 Å². The van der Waals surface area contributed by atoms with Crippen LogP contribution >= 0.6 is 0 Å². The minimum atomic E-state index is -0.925. The van der Waals surface area contributed by atoms with Crippen LogP contribution in [0, 0.1) is 6.92 Å². The maximum absolute atomic E-state index is 11.7. The summed E-state index contributed by atoms with van der Waals surface area (Å²) in [5, 5.41) is 9.59. The van der Waals surface area contributed by atoms with E-state index in [1.807, 2.05) is 61.5 Å². The molecule has 2 radical (unpaired) electrons. The lowest BCUT2D eigenvalue weighted by atomic mass is 10.0. The van der Waals surface area contributed by atoms with Gasteiger partial charge in [-0.15, -0.1) is 0 Å². The SMILES string of the molecule is [B]c1cccn1[C@@H](Cc1ccc(OCCc2nc(-c3ccccc3)oc2C)cc1)C(=O)O. The van der Waals surface area contributed by atoms with Crippen molar-refractivity contribution in [2.24, 2.45) is 0 Å². The van der Waals surface area contributed by atoms with Crippen LogP contribution < -0.4 is 10.3 Å². The van der Waals surface area contributed by atoms with Crippen molar-refractivity contribution in [1.82, 2.24) is 9.55 Å². The predicted molar refractivity (Wildman–Crippen MR) is 123 cm³/mol. The van der Waals surface area contributed by atoms with Crippen LogP contribution in [0.2, 0.25) is 0 Å². The summed E-state index contributed by atoms with van der Waals surface area (Å²) in [6.45, 7) is 2.36. The Morgan fingerprint density at radius 2 is 1.88 bits per heavy atom. The molecule has 2 aromatic heterocycles. The summed E-state index contributed by atoms with van der Waals surface area (Å²) >= 11 is 0. The Labute approximate surface area is 187 Å². The van der Waals surface area contributed by atoms with E-state index in [-0.39, 0.29) is 0 Å². The number of oxazole rings is 1. The smallest absolute Gasteiger partial charge is 0.326 e. The Hall–Kier alpha value is -3.74. The summed E-state index contributed by atoms with van der Waals surface area (Å²) in [5.74, 6) is 1.18. The lowest BCUT2D eigenvalue weighted by Gasteiger charge is -2.17. The van der Waals surface area contributed by atoms with Crippen molar-refractivity contribution in [2.45, 2.75) is 25.8 Å². The van der Waals surface area contributed by atoms with Gasteiger partial charge in [-0.25, -0.2) is 9.78 Å². The molecule has 6 nitrogen and oxygen atoms in total. The zero-order valence-electron chi connectivity index (χ0n) is 17.8. The molecule has 160 valence electrons. The number of carbonyl (C=O) groups is 1. The Kier molecular flexibility index (Phi) is 6.45. The summed E-state index contributed by atoms with van der Waals surface area (Å²) in [7, 11) is 5.87. The number of carboxylic acid groups (broad SMARTS) is 1. The van der Waals surface area contributed by atoms with Crippen LogP contribution in [0.4, 0.5) is 0 Å². The number of carboxylic acids is 1. The lowest BCUT2D eigenvalue weighted by molar-refractivity contribution is -0.140. The lowest BCUT2D eigenvalue weighted by Crippen LogP contribution is -2.28. The molecule has 0 spiro atoms. The van der Waals surface area contributed by atoms with Gasteiger partial charge in [0.25, 0.3) is 0 Å². The van der Waals surface area contributed by atoms with E-state index in [1.165, 1.54) is 0 Å². The molecule has 1 atom stereocenters. The molecule has 0 aliphatic heterocycles. The average molecular weight is 426 g/mol. The first-order chi connectivity index (χ1) is 15.5. The van der Waals surface area contributed by atoms with Gasteiger partial charge in [0.2, 0.25) is 5.89 Å². The maximum Gasteiger partial charge on any atom is 0.326 e. The number of ether oxygens (including phenoxy) is 1. The Morgan fingerprint density at radius 3 is 2.53 bits per heavy atom. The Bertz CT molecular complexity index is 1180. The van der Waals surface area contributed by atoms with Crippen molar-refractivity contribution >= 4 is 19.4 Å². The van der Waals surface area contributed by atoms with Crippen molar-refractivity contribution in [1.29, 1.82) is 0 Å². The van der Waals surface area contributed by atoms with Crippen molar-refractivity contribution < 1.29 is 19.1 Å². The second-order valence-corrected chi connectivity index (χ2v) is 7.53. The third kappa shape index (κ3) is 4.94. The van der Waals surface area contributed by atoms with Crippen LogP contribution in [0.3, 0.4) is 0 Å². The van der Waals surface area contributed by atoms with E-state index in [1.54, 1.807) is 22.9 Å². The van der Waals surface area contributed by atoms with Gasteiger partial charge >= 0.3 is 5.97 Å². The highest BCUT2D eigenvalue weighted by Crippen LogP contribution is 2.22. The van der Waals surface area contributed by atoms with E-state index in [0.717, 1.165) is 22.6 Å². The standard InChI is InChI=1S/C25H23BN2O4/c1-17-21(27-24(32-17)19-6-3-2-4-7-19)13-15-31-20-11-9-18(10-12-20)16-22(25(29)30)28-14-5-8-23(28)26/h2-12,14,22H,13,15-16H2,1H3,(H,29,30)/t22-/m0/s1. The van der Waals surface area contributed by atoms with Gasteiger partial charge in [-0.3, -0.25) is 0 Å². The molecule has 0 fully saturated rings. The molecule has 4 aromatic rings. The Morgan fingerprint density at radius 1 is 1.12 bits per heavy atom. The fraction of sp³-hybridized carbons (Fsp3) is 0.200. The molecule has 0 unspecified atom stereocenters. The predicted octanol–water partition coefficient (Wildman–Crippen LogP) is 3.74. The molecule has 0 aliphatic carbocycles. The summed E-state index contributed by atoms with van der Waals surface area (Å²) in [5.41, 5.74) is 3.13. The minimum Gasteiger partial charge on any atom is -0.493 e. The molecular formula is C25H23BN2O4. The quantitative estimate of drug-likeness (QED) is 0.413. The normalized spacial score (nSPS) is 11.9. The van der Waals surface area contributed by atoms with Crippen LogP contribution in [0.15, 0.2) is 77.3 Å². The molecule has 0 aliphatic rings. The molecule has 1 N–H and O–H groups in total. The number of aliphatic carboxylic acids is 1. The molecule has 0 saturated heterocycles. The fourth-order valence-electron chi connectivity index (χ4n) is 3.57. The first kappa shape index (κ1) is 21.5. The van der Waals surface area contributed by atoms with Crippen LogP contribution in [0.5, 0.6) is 5.75 Å². The monoisotopic (exact) mass is 426 g/mol. The molecule has 0 amide bonds. The van der Waals surface area contributed by atoms with E-state index in [4.69, 9.17) is 17.0 Å². The first-order valence-electron chi connectivity index (χ1n) is 10.4. The van der Waals surface area contributed by atoms with Crippen molar-refractivity contribution in [3.63, 3.8) is 0 Å². The molecule has 0 saturated carbocycles. The Balaban J connectivity index is 1.34. The second-order valence-electron chi connectivity index (χ2n) is 7.53. The summed E-state index contributed by atoms with van der Waals surface area (Å²) in [6.07, 6.45) is 2.63. The van der Waals surface area contributed by atoms with Gasteiger partial charge in [0.05, 0.1) is 12.3 Å². The summed E-state index contributed by atoms with van der Waals surface area (Å²) < 4.78 is 13.2. The van der Waals surface area contributed by atoms with E-state index in [9.17, 15) is 9.90 Å². The van der Waals surface area contributed by atoms with Gasteiger partial charge in [-0.05, 0) is 48.4 Å². The number of hydrogen-bond donors (Lipinski definition) is 1. The molecule has 32 heavy (non-hydrogen) atoms. The fourth-order valence-corrected chi connectivity index (χ4v) is 3.57. The summed E-state index contributed by atoms with van der Waals surface area (Å²) in [4.78, 5) is 16.3. The van der Waals surface area contributed by atoms with E-state index < -0.39 is 12.0 Å². The summed E-state index contributed by atoms with van der Waals surface area (Å²) in [6, 6.07) is 19.9. The van der Waals surface area contributed by atoms with E-state index in [2.05, 4.69) is 4.98 Å². The molecular weight excluding hydrogens is 403 g/mol. The zero-order chi connectivity index (χ0) is 22.5. The number of benzene rings is 2. The maximum atomic E-state index is 11.7. The molecule has 2 heterocycles. The molecule has 7 heteroatoms. The van der Waals surface area contributed by atoms with Crippen molar-refractivity contribution in [3.8, 4) is 17.2 Å². The van der Waals surface area contributed by atoms with Gasteiger partial charge in [-0.1, -0.05) is 36.4 Å². The third-order valence-electron chi connectivity index (χ3n) is 5.31. The minimum absolute atomic E-state index is 0.328. The van der Waals surface area contributed by atoms with Crippen LogP contribution in [-0.2, 0) is 17.6 Å². The highest BCUT2D eigenvalue weighted by molar-refractivity contribution is 6.31. The average Bonchev–Trinajstić information content (AvgIpc) is 3.39. The van der Waals surface area contributed by atoms with E-state index >= 15 is 0 Å². The number of aromatic nitrogens is 2. The number of aryl methyl sites for hydroxylation is 1.